The molecule has 0 rings (SSSR count). The summed E-state index contributed by atoms with van der Waals surface area (Å²) >= 11 is 4.94. The molecule has 0 saturated carbocycles. The molecular weight excluding hydrogens is 271 g/mol. The Morgan fingerprint density at radius 1 is 1.38 bits per heavy atom. The number of likely N-dealkylation sites (N-methyl/N-ethyl adjacent to an activating group) is 2. The fourth-order valence-electron chi connectivity index (χ4n) is 0.732. The van der Waals surface area contributed by atoms with Crippen LogP contribution >= 0.6 is 18.1 Å². The van der Waals surface area contributed by atoms with Gasteiger partial charge < -0.3 is 14.4 Å². The first kappa shape index (κ1) is 15.7. The second-order valence-electron chi connectivity index (χ2n) is 3.06. The maximum Gasteiger partial charge on any atom is 0.471 e. The van der Waals surface area contributed by atoms with Gasteiger partial charge in [0.25, 0.3) is 0 Å². The Balaban J connectivity index is 4.24. The molecule has 0 N–H and O–H groups in total. The lowest BCUT2D eigenvalue weighted by molar-refractivity contribution is -0.185. The third-order valence-electron chi connectivity index (χ3n) is 1.76. The number of hydrogen-bond acceptors (Lipinski definition) is 3. The number of hydrogen-bond donors (Lipinski definition) is 0. The monoisotopic (exact) mass is 281 g/mol. The standard InChI is InChI=1S/C6H11ClF3N2O3P/c1-11(5(13)6(8,9)10)3-4-12(2)16(7,14)15/h3-4H2,1-2H3,(H,14,15)/p-1. The molecule has 0 bridgehead atoms. The first-order valence-electron chi connectivity index (χ1n) is 4.01. The van der Waals surface area contributed by atoms with Crippen LogP contribution in [0.15, 0.2) is 0 Å². The summed E-state index contributed by atoms with van der Waals surface area (Å²) in [6.07, 6.45) is -4.96. The summed E-state index contributed by atoms with van der Waals surface area (Å²) in [5, 5.41) is 0. The van der Waals surface area contributed by atoms with E-state index < -0.39 is 25.5 Å². The highest BCUT2D eigenvalue weighted by molar-refractivity contribution is 7.81. The predicted octanol–water partition coefficient (Wildman–Crippen LogP) is 0.646. The summed E-state index contributed by atoms with van der Waals surface area (Å²) in [6.45, 7) is -4.95. The van der Waals surface area contributed by atoms with Crippen LogP contribution in [-0.2, 0) is 9.36 Å². The molecule has 5 nitrogen and oxygen atoms in total. The predicted molar refractivity (Wildman–Crippen MR) is 49.8 cm³/mol. The molecule has 0 saturated heterocycles. The number of alkyl halides is 3. The van der Waals surface area contributed by atoms with Crippen molar-refractivity contribution in [3.63, 3.8) is 0 Å². The van der Waals surface area contributed by atoms with Gasteiger partial charge in [0.05, 0.1) is 0 Å². The average Bonchev–Trinajstić information content (AvgIpc) is 2.09. The molecule has 16 heavy (non-hydrogen) atoms. The minimum Gasteiger partial charge on any atom is -0.776 e. The zero-order valence-electron chi connectivity index (χ0n) is 8.49. The molecule has 0 aromatic carbocycles. The lowest BCUT2D eigenvalue weighted by Gasteiger charge is -2.28. The van der Waals surface area contributed by atoms with Crippen molar-refractivity contribution in [3.05, 3.63) is 0 Å². The van der Waals surface area contributed by atoms with Gasteiger partial charge in [-0.3, -0.25) is 9.46 Å². The fraction of sp³-hybridized carbons (Fsp3) is 0.833. The Labute approximate surface area is 95.1 Å². The minimum absolute atomic E-state index is 0.303. The molecule has 1 unspecified atom stereocenters. The van der Waals surface area contributed by atoms with E-state index in [9.17, 15) is 27.4 Å². The Morgan fingerprint density at radius 2 is 1.81 bits per heavy atom. The van der Waals surface area contributed by atoms with Gasteiger partial charge in [-0.25, -0.2) is 0 Å². The normalized spacial score (nSPS) is 16.0. The van der Waals surface area contributed by atoms with Crippen molar-refractivity contribution in [2.75, 3.05) is 27.2 Å². The molecule has 1 atom stereocenters. The molecule has 1 amide bonds. The maximum absolute atomic E-state index is 11.9. The van der Waals surface area contributed by atoms with Gasteiger partial charge in [-0.2, -0.15) is 13.2 Å². The second-order valence-corrected chi connectivity index (χ2v) is 5.92. The Hall–Kier alpha value is -0.300. The third-order valence-corrected chi connectivity index (χ3v) is 3.55. The largest absolute Gasteiger partial charge is 0.776 e. The maximum atomic E-state index is 11.9. The van der Waals surface area contributed by atoms with Crippen LogP contribution in [0.2, 0.25) is 0 Å². The number of carbonyl (C=O) groups is 1. The molecule has 10 heteroatoms. The smallest absolute Gasteiger partial charge is 0.471 e. The molecule has 0 fully saturated rings. The van der Waals surface area contributed by atoms with Crippen LogP contribution < -0.4 is 4.89 Å². The van der Waals surface area contributed by atoms with E-state index in [2.05, 4.69) is 0 Å². The van der Waals surface area contributed by atoms with Gasteiger partial charge in [-0.1, -0.05) is 11.2 Å². The lowest BCUT2D eigenvalue weighted by Crippen LogP contribution is -2.41. The van der Waals surface area contributed by atoms with Crippen LogP contribution in [0.4, 0.5) is 13.2 Å². The average molecular weight is 282 g/mol. The zero-order valence-corrected chi connectivity index (χ0v) is 10.1. The van der Waals surface area contributed by atoms with Crippen molar-refractivity contribution in [2.45, 2.75) is 6.18 Å². The van der Waals surface area contributed by atoms with Crippen LogP contribution in [0.3, 0.4) is 0 Å². The van der Waals surface area contributed by atoms with Gasteiger partial charge in [-0.15, -0.1) is 0 Å². The molecule has 0 spiro atoms. The first-order valence-corrected chi connectivity index (χ1v) is 6.49. The number of nitrogens with zero attached hydrogens (tertiary/aromatic N) is 2. The van der Waals surface area contributed by atoms with E-state index in [0.29, 0.717) is 9.57 Å². The van der Waals surface area contributed by atoms with Gasteiger partial charge in [0.1, 0.15) is 0 Å². The van der Waals surface area contributed by atoms with Gasteiger partial charge in [0.2, 0.25) is 0 Å². The van der Waals surface area contributed by atoms with Gasteiger partial charge >= 0.3 is 12.1 Å². The SMILES string of the molecule is CN(CCN(C)P(=O)([O-])Cl)C(=O)C(F)(F)F. The van der Waals surface area contributed by atoms with Crippen molar-refractivity contribution in [1.29, 1.82) is 0 Å². The van der Waals surface area contributed by atoms with Crippen molar-refractivity contribution in [3.8, 4) is 0 Å². The molecule has 0 radical (unpaired) electrons. The lowest BCUT2D eigenvalue weighted by atomic mass is 10.5. The molecular formula is C6H10ClF3N2O3P-. The van der Waals surface area contributed by atoms with Crippen LogP contribution in [0.1, 0.15) is 0 Å². The topological polar surface area (TPSA) is 63.7 Å². The second kappa shape index (κ2) is 5.35. The van der Waals surface area contributed by atoms with E-state index in [-0.39, 0.29) is 6.54 Å². The van der Waals surface area contributed by atoms with E-state index in [0.717, 1.165) is 14.1 Å². The summed E-state index contributed by atoms with van der Waals surface area (Å²) < 4.78 is 47.1. The van der Waals surface area contributed by atoms with E-state index in [1.807, 2.05) is 0 Å². The molecule has 0 aliphatic heterocycles. The molecule has 0 aromatic rings. The summed E-state index contributed by atoms with van der Waals surface area (Å²) in [7, 11) is 2.03. The fourth-order valence-corrected chi connectivity index (χ4v) is 1.29. The van der Waals surface area contributed by atoms with Crippen molar-refractivity contribution in [2.24, 2.45) is 0 Å². The quantitative estimate of drug-likeness (QED) is 0.710. The number of amides is 1. The Morgan fingerprint density at radius 3 is 2.12 bits per heavy atom. The number of rotatable bonds is 4. The van der Waals surface area contributed by atoms with Crippen LogP contribution in [-0.4, -0.2) is 48.8 Å². The molecule has 96 valence electrons. The van der Waals surface area contributed by atoms with Crippen molar-refractivity contribution >= 4 is 24.0 Å². The van der Waals surface area contributed by atoms with E-state index in [4.69, 9.17) is 11.2 Å². The summed E-state index contributed by atoms with van der Waals surface area (Å²) in [5.74, 6) is -2.03. The summed E-state index contributed by atoms with van der Waals surface area (Å²) in [6, 6.07) is 0. The van der Waals surface area contributed by atoms with Crippen LogP contribution in [0.5, 0.6) is 0 Å². The number of halogens is 4. The van der Waals surface area contributed by atoms with Crippen molar-refractivity contribution in [1.82, 2.24) is 9.57 Å². The van der Waals surface area contributed by atoms with Gasteiger partial charge in [0, 0.05) is 20.1 Å². The van der Waals surface area contributed by atoms with Gasteiger partial charge in [0.15, 0.2) is 6.87 Å². The highest BCUT2D eigenvalue weighted by atomic mass is 35.7. The summed E-state index contributed by atoms with van der Waals surface area (Å²) in [5.41, 5.74) is 0. The highest BCUT2D eigenvalue weighted by Gasteiger charge is 2.41. The Bertz CT molecular complexity index is 306. The Kier molecular flexibility index (Phi) is 5.25. The number of carbonyl (C=O) groups excluding carboxylic acids is 1. The molecule has 0 aromatic heterocycles. The minimum atomic E-state index is -4.96. The van der Waals surface area contributed by atoms with E-state index in [1.165, 1.54) is 0 Å². The van der Waals surface area contributed by atoms with Crippen molar-refractivity contribution < 1.29 is 27.4 Å². The zero-order chi connectivity index (χ0) is 13.1. The van der Waals surface area contributed by atoms with E-state index in [1.54, 1.807) is 0 Å². The van der Waals surface area contributed by atoms with Crippen LogP contribution in [0, 0.1) is 0 Å². The summed E-state index contributed by atoms with van der Waals surface area (Å²) in [4.78, 5) is 21.7. The first-order chi connectivity index (χ1) is 6.96. The third kappa shape index (κ3) is 5.16. The highest BCUT2D eigenvalue weighted by Crippen LogP contribution is 2.44. The molecule has 0 aliphatic carbocycles. The molecule has 0 aliphatic rings. The van der Waals surface area contributed by atoms with E-state index >= 15 is 0 Å². The molecule has 0 heterocycles. The van der Waals surface area contributed by atoms with Crippen LogP contribution in [0.25, 0.3) is 0 Å². The van der Waals surface area contributed by atoms with Gasteiger partial charge in [-0.05, 0) is 7.05 Å².